The van der Waals surface area contributed by atoms with E-state index in [4.69, 9.17) is 9.47 Å². The van der Waals surface area contributed by atoms with Crippen LogP contribution in [0.4, 0.5) is 0 Å². The Morgan fingerprint density at radius 1 is 0.939 bits per heavy atom. The lowest BCUT2D eigenvalue weighted by molar-refractivity contribution is 0.0947. The van der Waals surface area contributed by atoms with Gasteiger partial charge in [-0.3, -0.25) is 9.59 Å². The summed E-state index contributed by atoms with van der Waals surface area (Å²) in [6.45, 7) is 0.373. The molecule has 1 amide bonds. The van der Waals surface area contributed by atoms with Crippen LogP contribution >= 0.6 is 0 Å². The van der Waals surface area contributed by atoms with Crippen molar-refractivity contribution < 1.29 is 14.3 Å². The molecule has 3 aromatic carbocycles. The summed E-state index contributed by atoms with van der Waals surface area (Å²) in [6, 6.07) is 22.8. The van der Waals surface area contributed by atoms with Gasteiger partial charge < -0.3 is 14.8 Å². The van der Waals surface area contributed by atoms with Crippen LogP contribution in [0.3, 0.4) is 0 Å². The second-order valence-electron chi connectivity index (χ2n) is 7.66. The fourth-order valence-electron chi connectivity index (χ4n) is 3.90. The number of rotatable bonds is 8. The van der Waals surface area contributed by atoms with Crippen LogP contribution in [0.15, 0.2) is 77.6 Å². The lowest BCUT2D eigenvalue weighted by Gasteiger charge is -2.20. The van der Waals surface area contributed by atoms with Crippen molar-refractivity contribution in [3.05, 3.63) is 100.0 Å². The highest BCUT2D eigenvalue weighted by Crippen LogP contribution is 2.32. The van der Waals surface area contributed by atoms with Crippen molar-refractivity contribution in [2.75, 3.05) is 20.8 Å². The normalized spacial score (nSPS) is 11.7. The highest BCUT2D eigenvalue weighted by atomic mass is 16.5. The maximum Gasteiger partial charge on any atom is 0.272 e. The Bertz CT molecular complexity index is 1320. The van der Waals surface area contributed by atoms with Crippen LogP contribution in [0.1, 0.15) is 27.5 Å². The van der Waals surface area contributed by atoms with Gasteiger partial charge in [0.15, 0.2) is 17.2 Å². The Morgan fingerprint density at radius 3 is 2.36 bits per heavy atom. The van der Waals surface area contributed by atoms with Crippen molar-refractivity contribution in [3.63, 3.8) is 0 Å². The third-order valence-corrected chi connectivity index (χ3v) is 5.62. The molecule has 7 heteroatoms. The van der Waals surface area contributed by atoms with E-state index in [1.54, 1.807) is 38.5 Å². The van der Waals surface area contributed by atoms with Gasteiger partial charge in [0, 0.05) is 17.8 Å². The highest BCUT2D eigenvalue weighted by Gasteiger charge is 2.19. The third-order valence-electron chi connectivity index (χ3n) is 5.62. The van der Waals surface area contributed by atoms with Gasteiger partial charge in [0.2, 0.25) is 0 Å². The van der Waals surface area contributed by atoms with Crippen LogP contribution in [0.25, 0.3) is 10.8 Å². The van der Waals surface area contributed by atoms with Gasteiger partial charge in [-0.05, 0) is 35.7 Å². The number of H-pyrrole nitrogens is 1. The summed E-state index contributed by atoms with van der Waals surface area (Å²) in [4.78, 5) is 25.1. The van der Waals surface area contributed by atoms with Crippen LogP contribution < -0.4 is 20.3 Å². The second kappa shape index (κ2) is 9.99. The Balaban J connectivity index is 1.61. The summed E-state index contributed by atoms with van der Waals surface area (Å²) in [5, 5.41) is 10.4. The van der Waals surface area contributed by atoms with E-state index in [1.807, 2.05) is 36.4 Å². The molecule has 0 aliphatic heterocycles. The minimum atomic E-state index is -0.346. The largest absolute Gasteiger partial charge is 0.493 e. The molecule has 168 valence electrons. The maximum atomic E-state index is 13.0. The molecule has 0 unspecified atom stereocenters. The number of carbonyl (C=O) groups excluding carboxylic acids is 1. The highest BCUT2D eigenvalue weighted by molar-refractivity contribution is 6.04. The second-order valence-corrected chi connectivity index (χ2v) is 7.66. The van der Waals surface area contributed by atoms with Crippen molar-refractivity contribution in [3.8, 4) is 11.5 Å². The van der Waals surface area contributed by atoms with Crippen LogP contribution in [0, 0.1) is 0 Å². The first-order valence-corrected chi connectivity index (χ1v) is 10.6. The van der Waals surface area contributed by atoms with Gasteiger partial charge in [0.05, 0.1) is 19.6 Å². The van der Waals surface area contributed by atoms with Crippen LogP contribution in [0.2, 0.25) is 0 Å². The molecule has 1 heterocycles. The van der Waals surface area contributed by atoms with Gasteiger partial charge in [-0.1, -0.05) is 54.6 Å². The van der Waals surface area contributed by atoms with E-state index in [-0.39, 0.29) is 23.1 Å². The number of nitrogens with one attached hydrogen (secondary N) is 2. The van der Waals surface area contributed by atoms with E-state index >= 15 is 0 Å². The fourth-order valence-corrected chi connectivity index (χ4v) is 3.90. The lowest BCUT2D eigenvalue weighted by atomic mass is 9.91. The topological polar surface area (TPSA) is 93.3 Å². The number of amides is 1. The third kappa shape index (κ3) is 4.87. The monoisotopic (exact) mass is 443 g/mol. The number of fused-ring (bicyclic) bond motifs is 1. The average molecular weight is 444 g/mol. The number of ether oxygens (including phenoxy) is 2. The summed E-state index contributed by atoms with van der Waals surface area (Å²) in [6.07, 6.45) is 0.719. The van der Waals surface area contributed by atoms with Crippen molar-refractivity contribution in [2.24, 2.45) is 0 Å². The van der Waals surface area contributed by atoms with E-state index < -0.39 is 0 Å². The Morgan fingerprint density at radius 2 is 1.64 bits per heavy atom. The van der Waals surface area contributed by atoms with Crippen molar-refractivity contribution in [1.29, 1.82) is 0 Å². The van der Waals surface area contributed by atoms with Gasteiger partial charge in [0.1, 0.15) is 0 Å². The number of methoxy groups -OCH3 is 2. The molecular formula is C26H25N3O4. The smallest absolute Gasteiger partial charge is 0.272 e. The van der Waals surface area contributed by atoms with Crippen molar-refractivity contribution in [1.82, 2.24) is 15.5 Å². The van der Waals surface area contributed by atoms with E-state index in [0.717, 1.165) is 17.5 Å². The molecule has 1 atom stereocenters. The Labute approximate surface area is 191 Å². The zero-order valence-electron chi connectivity index (χ0n) is 18.5. The molecule has 0 spiro atoms. The Kier molecular flexibility index (Phi) is 6.69. The first kappa shape index (κ1) is 22.1. The molecule has 0 fully saturated rings. The average Bonchev–Trinajstić information content (AvgIpc) is 2.87. The van der Waals surface area contributed by atoms with Gasteiger partial charge in [-0.2, -0.15) is 5.10 Å². The van der Waals surface area contributed by atoms with E-state index in [9.17, 15) is 9.59 Å². The minimum absolute atomic E-state index is 0.0230. The van der Waals surface area contributed by atoms with Gasteiger partial charge in [-0.25, -0.2) is 5.10 Å². The molecule has 1 aromatic heterocycles. The fraction of sp³-hybridized carbons (Fsp3) is 0.192. The van der Waals surface area contributed by atoms with Gasteiger partial charge >= 0.3 is 0 Å². The first-order valence-electron chi connectivity index (χ1n) is 10.6. The number of hydrogen-bond donors (Lipinski definition) is 2. The molecule has 0 saturated carbocycles. The molecule has 0 saturated heterocycles. The quantitative estimate of drug-likeness (QED) is 0.433. The summed E-state index contributed by atoms with van der Waals surface area (Å²) in [5.74, 6) is 0.909. The van der Waals surface area contributed by atoms with E-state index in [0.29, 0.717) is 28.8 Å². The minimum Gasteiger partial charge on any atom is -0.493 e. The number of hydrogen-bond acceptors (Lipinski definition) is 5. The maximum absolute atomic E-state index is 13.0. The van der Waals surface area contributed by atoms with Crippen molar-refractivity contribution >= 4 is 16.7 Å². The standard InChI is InChI=1S/C26H25N3O4/c1-32-22-13-12-18(15-23(22)33-2)19(14-17-8-4-3-5-9-17)16-27-26(31)24-20-10-6-7-11-21(20)25(30)29-28-24/h3-13,15,19H,14,16H2,1-2H3,(H,27,31)(H,29,30)/t19-/m1/s1. The molecular weight excluding hydrogens is 418 g/mol. The lowest BCUT2D eigenvalue weighted by Crippen LogP contribution is -2.31. The zero-order chi connectivity index (χ0) is 23.2. The molecule has 0 aliphatic rings. The van der Waals surface area contributed by atoms with Crippen molar-refractivity contribution in [2.45, 2.75) is 12.3 Å². The number of benzene rings is 3. The molecule has 0 aliphatic carbocycles. The summed E-state index contributed by atoms with van der Waals surface area (Å²) in [5.41, 5.74) is 2.03. The molecule has 33 heavy (non-hydrogen) atoms. The summed E-state index contributed by atoms with van der Waals surface area (Å²) >= 11 is 0. The molecule has 4 aromatic rings. The number of aromatic amines is 1. The predicted molar refractivity (Wildman–Crippen MR) is 127 cm³/mol. The van der Waals surface area contributed by atoms with Crippen LogP contribution in [-0.4, -0.2) is 36.9 Å². The first-order chi connectivity index (χ1) is 16.1. The number of aromatic nitrogens is 2. The van der Waals surface area contributed by atoms with E-state index in [1.165, 1.54) is 0 Å². The molecule has 4 rings (SSSR count). The number of nitrogens with zero attached hydrogens (tertiary/aromatic N) is 1. The summed E-state index contributed by atoms with van der Waals surface area (Å²) in [7, 11) is 3.20. The van der Waals surface area contributed by atoms with Gasteiger partial charge in [0.25, 0.3) is 11.5 Å². The molecule has 0 radical (unpaired) electrons. The molecule has 2 N–H and O–H groups in total. The van der Waals surface area contributed by atoms with E-state index in [2.05, 4.69) is 27.6 Å². The molecule has 7 nitrogen and oxygen atoms in total. The summed E-state index contributed by atoms with van der Waals surface area (Å²) < 4.78 is 10.8. The predicted octanol–water partition coefficient (Wildman–Crippen LogP) is 3.70. The van der Waals surface area contributed by atoms with Crippen LogP contribution in [0.5, 0.6) is 11.5 Å². The van der Waals surface area contributed by atoms with Crippen LogP contribution in [-0.2, 0) is 6.42 Å². The number of carbonyl (C=O) groups is 1. The van der Waals surface area contributed by atoms with Gasteiger partial charge in [-0.15, -0.1) is 0 Å². The SMILES string of the molecule is COc1ccc([C@@H](CNC(=O)c2n[nH]c(=O)c3ccccc23)Cc2ccccc2)cc1OC. The Hall–Kier alpha value is -4.13. The molecule has 0 bridgehead atoms. The zero-order valence-corrected chi connectivity index (χ0v) is 18.5.